The summed E-state index contributed by atoms with van der Waals surface area (Å²) in [4.78, 5) is 12.2. The Hall–Kier alpha value is -3.02. The summed E-state index contributed by atoms with van der Waals surface area (Å²) in [5.74, 6) is 2.00. The molecule has 0 radical (unpaired) electrons. The Labute approximate surface area is 159 Å². The van der Waals surface area contributed by atoms with Gasteiger partial charge in [0.05, 0.1) is 19.4 Å². The van der Waals surface area contributed by atoms with Gasteiger partial charge in [0.2, 0.25) is 0 Å². The zero-order valence-electron chi connectivity index (χ0n) is 15.8. The monoisotopic (exact) mass is 368 g/mol. The van der Waals surface area contributed by atoms with Crippen molar-refractivity contribution in [2.75, 3.05) is 13.2 Å². The van der Waals surface area contributed by atoms with Gasteiger partial charge in [0.25, 0.3) is 5.91 Å². The number of hydrazone groups is 1. The summed E-state index contributed by atoms with van der Waals surface area (Å²) in [5, 5.41) is 4.07. The lowest BCUT2D eigenvalue weighted by atomic mass is 10.1. The van der Waals surface area contributed by atoms with E-state index in [1.165, 1.54) is 0 Å². The number of hydrogen-bond acceptors (Lipinski definition) is 5. The SMILES string of the molecule is CCOc1ccc(C(=O)N/N=C\c2cc3c(cc2OCC)C[C@@H](C)O3)cc1. The number of amides is 1. The van der Waals surface area contributed by atoms with Gasteiger partial charge in [-0.15, -0.1) is 0 Å². The van der Waals surface area contributed by atoms with Crippen LogP contribution >= 0.6 is 0 Å². The van der Waals surface area contributed by atoms with Crippen molar-refractivity contribution in [3.05, 3.63) is 53.1 Å². The minimum Gasteiger partial charge on any atom is -0.494 e. The van der Waals surface area contributed by atoms with E-state index in [1.807, 2.05) is 32.9 Å². The predicted octanol–water partition coefficient (Wildman–Crippen LogP) is 3.57. The third-order valence-corrected chi connectivity index (χ3v) is 4.13. The zero-order valence-corrected chi connectivity index (χ0v) is 15.8. The lowest BCUT2D eigenvalue weighted by Gasteiger charge is -2.09. The topological polar surface area (TPSA) is 69.2 Å². The summed E-state index contributed by atoms with van der Waals surface area (Å²) in [6.45, 7) is 7.01. The number of hydrogen-bond donors (Lipinski definition) is 1. The second kappa shape index (κ2) is 8.58. The number of carbonyl (C=O) groups is 1. The number of carbonyl (C=O) groups excluding carboxylic acids is 1. The standard InChI is InChI=1S/C21H24N2O4/c1-4-25-18-8-6-15(7-9-18)21(24)23-22-13-17-12-20-16(10-14(3)27-20)11-19(17)26-5-2/h6-9,11-14H,4-5,10H2,1-3H3,(H,23,24)/b22-13-/t14-/m1/s1. The smallest absolute Gasteiger partial charge is 0.271 e. The molecule has 1 atom stereocenters. The van der Waals surface area contributed by atoms with Crippen LogP contribution in [0.4, 0.5) is 0 Å². The molecule has 0 bridgehead atoms. The molecular formula is C21H24N2O4. The average molecular weight is 368 g/mol. The lowest BCUT2D eigenvalue weighted by molar-refractivity contribution is 0.0955. The van der Waals surface area contributed by atoms with E-state index in [0.29, 0.717) is 18.8 Å². The summed E-state index contributed by atoms with van der Waals surface area (Å²) >= 11 is 0. The number of benzene rings is 2. The number of ether oxygens (including phenoxy) is 3. The van der Waals surface area contributed by atoms with Crippen LogP contribution in [0.5, 0.6) is 17.2 Å². The lowest BCUT2D eigenvalue weighted by Crippen LogP contribution is -2.17. The second-order valence-electron chi connectivity index (χ2n) is 6.22. The van der Waals surface area contributed by atoms with Gasteiger partial charge in [-0.05, 0) is 57.2 Å². The van der Waals surface area contributed by atoms with Gasteiger partial charge in [0.1, 0.15) is 23.4 Å². The van der Waals surface area contributed by atoms with Crippen LogP contribution in [0.1, 0.15) is 42.3 Å². The Bertz CT molecular complexity index is 831. The van der Waals surface area contributed by atoms with E-state index in [2.05, 4.69) is 10.5 Å². The molecule has 0 fully saturated rings. The maximum atomic E-state index is 12.2. The largest absolute Gasteiger partial charge is 0.494 e. The molecule has 0 saturated carbocycles. The first-order chi connectivity index (χ1) is 13.1. The van der Waals surface area contributed by atoms with Crippen LogP contribution in [0, 0.1) is 0 Å². The first-order valence-electron chi connectivity index (χ1n) is 9.13. The van der Waals surface area contributed by atoms with Gasteiger partial charge < -0.3 is 14.2 Å². The maximum absolute atomic E-state index is 12.2. The molecule has 1 aliphatic heterocycles. The molecule has 0 spiro atoms. The molecule has 2 aromatic carbocycles. The van der Waals surface area contributed by atoms with E-state index in [-0.39, 0.29) is 12.0 Å². The van der Waals surface area contributed by atoms with Crippen molar-refractivity contribution in [3.63, 3.8) is 0 Å². The number of nitrogens with one attached hydrogen (secondary N) is 1. The first-order valence-corrected chi connectivity index (χ1v) is 9.13. The molecule has 27 heavy (non-hydrogen) atoms. The molecule has 0 unspecified atom stereocenters. The number of rotatable bonds is 7. The second-order valence-corrected chi connectivity index (χ2v) is 6.22. The number of nitrogens with zero attached hydrogens (tertiary/aromatic N) is 1. The van der Waals surface area contributed by atoms with Crippen molar-refractivity contribution >= 4 is 12.1 Å². The molecule has 142 valence electrons. The van der Waals surface area contributed by atoms with Crippen molar-refractivity contribution in [2.24, 2.45) is 5.10 Å². The molecule has 6 heteroatoms. The van der Waals surface area contributed by atoms with Crippen molar-refractivity contribution in [1.29, 1.82) is 0 Å². The minimum atomic E-state index is -0.293. The fourth-order valence-electron chi connectivity index (χ4n) is 2.93. The van der Waals surface area contributed by atoms with Gasteiger partial charge in [0, 0.05) is 23.1 Å². The molecule has 1 aliphatic rings. The van der Waals surface area contributed by atoms with Gasteiger partial charge in [-0.3, -0.25) is 4.79 Å². The van der Waals surface area contributed by atoms with E-state index in [0.717, 1.165) is 34.8 Å². The van der Waals surface area contributed by atoms with Gasteiger partial charge in [-0.2, -0.15) is 5.10 Å². The normalized spacial score (nSPS) is 15.3. The highest BCUT2D eigenvalue weighted by atomic mass is 16.5. The van der Waals surface area contributed by atoms with Crippen LogP contribution in [-0.4, -0.2) is 31.4 Å². The first kappa shape index (κ1) is 18.8. The Morgan fingerprint density at radius 1 is 1.22 bits per heavy atom. The highest BCUT2D eigenvalue weighted by Crippen LogP contribution is 2.34. The molecule has 1 heterocycles. The molecule has 1 N–H and O–H groups in total. The number of fused-ring (bicyclic) bond motifs is 1. The Morgan fingerprint density at radius 2 is 1.96 bits per heavy atom. The summed E-state index contributed by atoms with van der Waals surface area (Å²) in [6, 6.07) is 10.8. The minimum absolute atomic E-state index is 0.154. The van der Waals surface area contributed by atoms with Crippen LogP contribution in [0.15, 0.2) is 41.5 Å². The van der Waals surface area contributed by atoms with E-state index in [9.17, 15) is 4.79 Å². The Balaban J connectivity index is 1.70. The quantitative estimate of drug-likeness (QED) is 0.599. The van der Waals surface area contributed by atoms with Crippen LogP contribution in [0.25, 0.3) is 0 Å². The van der Waals surface area contributed by atoms with E-state index >= 15 is 0 Å². The summed E-state index contributed by atoms with van der Waals surface area (Å²) in [7, 11) is 0. The zero-order chi connectivity index (χ0) is 19.2. The molecular weight excluding hydrogens is 344 g/mol. The third kappa shape index (κ3) is 4.58. The van der Waals surface area contributed by atoms with Crippen molar-refractivity contribution < 1.29 is 19.0 Å². The van der Waals surface area contributed by atoms with E-state index in [4.69, 9.17) is 14.2 Å². The van der Waals surface area contributed by atoms with Gasteiger partial charge in [-0.1, -0.05) is 0 Å². The maximum Gasteiger partial charge on any atom is 0.271 e. The van der Waals surface area contributed by atoms with E-state index in [1.54, 1.807) is 30.5 Å². The Morgan fingerprint density at radius 3 is 2.67 bits per heavy atom. The third-order valence-electron chi connectivity index (χ3n) is 4.13. The van der Waals surface area contributed by atoms with Gasteiger partial charge in [0.15, 0.2) is 0 Å². The summed E-state index contributed by atoms with van der Waals surface area (Å²) < 4.78 is 16.9. The fourth-order valence-corrected chi connectivity index (χ4v) is 2.93. The molecule has 2 aromatic rings. The Kier molecular flexibility index (Phi) is 5.96. The van der Waals surface area contributed by atoms with Crippen LogP contribution in [0.3, 0.4) is 0 Å². The molecule has 6 nitrogen and oxygen atoms in total. The van der Waals surface area contributed by atoms with Crippen LogP contribution in [0.2, 0.25) is 0 Å². The van der Waals surface area contributed by atoms with E-state index < -0.39 is 0 Å². The average Bonchev–Trinajstić information content (AvgIpc) is 3.01. The van der Waals surface area contributed by atoms with Crippen molar-refractivity contribution in [3.8, 4) is 17.2 Å². The highest BCUT2D eigenvalue weighted by molar-refractivity contribution is 5.95. The van der Waals surface area contributed by atoms with Crippen LogP contribution in [-0.2, 0) is 6.42 Å². The molecule has 0 saturated heterocycles. The van der Waals surface area contributed by atoms with Crippen LogP contribution < -0.4 is 19.6 Å². The summed E-state index contributed by atoms with van der Waals surface area (Å²) in [5.41, 5.74) is 4.93. The van der Waals surface area contributed by atoms with Crippen molar-refractivity contribution in [2.45, 2.75) is 33.3 Å². The fraction of sp³-hybridized carbons (Fsp3) is 0.333. The molecule has 3 rings (SSSR count). The highest BCUT2D eigenvalue weighted by Gasteiger charge is 2.21. The molecule has 0 aliphatic carbocycles. The van der Waals surface area contributed by atoms with Gasteiger partial charge in [-0.25, -0.2) is 5.43 Å². The molecule has 0 aromatic heterocycles. The molecule has 1 amide bonds. The van der Waals surface area contributed by atoms with Crippen molar-refractivity contribution in [1.82, 2.24) is 5.43 Å². The predicted molar refractivity (Wildman–Crippen MR) is 104 cm³/mol. The summed E-state index contributed by atoms with van der Waals surface area (Å²) in [6.07, 6.45) is 2.59. The van der Waals surface area contributed by atoms with Gasteiger partial charge >= 0.3 is 0 Å².